The van der Waals surface area contributed by atoms with Gasteiger partial charge in [0.25, 0.3) is 0 Å². The molecule has 0 saturated heterocycles. The van der Waals surface area contributed by atoms with Gasteiger partial charge in [0, 0.05) is 5.41 Å². The van der Waals surface area contributed by atoms with E-state index in [1.54, 1.807) is 0 Å². The Morgan fingerprint density at radius 3 is 2.23 bits per heavy atom. The summed E-state index contributed by atoms with van der Waals surface area (Å²) in [6, 6.07) is 0. The largest absolute Gasteiger partial charge is 0.367 e. The molecule has 5 atom stereocenters. The Labute approximate surface area is 191 Å². The first-order chi connectivity index (χ1) is 15.1. The summed E-state index contributed by atoms with van der Waals surface area (Å²) < 4.78 is 6.89. The van der Waals surface area contributed by atoms with E-state index in [1.807, 2.05) is 0 Å². The summed E-state index contributed by atoms with van der Waals surface area (Å²) in [5, 5.41) is 0. The van der Waals surface area contributed by atoms with E-state index in [4.69, 9.17) is 4.74 Å². The van der Waals surface area contributed by atoms with E-state index in [1.165, 1.54) is 122 Å². The molecule has 0 aromatic carbocycles. The maximum Gasteiger partial charge on any atom is 0.164 e. The van der Waals surface area contributed by atoms with Crippen LogP contribution in [0, 0.1) is 35.0 Å². The number of rotatable bonds is 8. The molecule has 0 aromatic heterocycles. The highest BCUT2D eigenvalue weighted by molar-refractivity contribution is 5.86. The van der Waals surface area contributed by atoms with Crippen LogP contribution in [0.2, 0.25) is 0 Å². The monoisotopic (exact) mass is 428 g/mol. The Morgan fingerprint density at radius 2 is 1.45 bits per heavy atom. The normalized spacial score (nSPS) is 44.5. The van der Waals surface area contributed by atoms with Crippen LogP contribution in [0.5, 0.6) is 0 Å². The zero-order chi connectivity index (χ0) is 21.3. The van der Waals surface area contributed by atoms with Crippen molar-refractivity contribution in [3.8, 4) is 0 Å². The Balaban J connectivity index is 1.28. The predicted octanol–water partition coefficient (Wildman–Crippen LogP) is 7.88. The van der Waals surface area contributed by atoms with E-state index in [9.17, 15) is 4.79 Å². The van der Waals surface area contributed by atoms with Crippen LogP contribution in [-0.2, 0) is 9.53 Å². The highest BCUT2D eigenvalue weighted by atomic mass is 16.5. The molecule has 31 heavy (non-hydrogen) atoms. The molecule has 6 rings (SSSR count). The third-order valence-electron chi connectivity index (χ3n) is 10.5. The Hall–Kier alpha value is -0.370. The van der Waals surface area contributed by atoms with Crippen LogP contribution < -0.4 is 0 Å². The third kappa shape index (κ3) is 4.95. The topological polar surface area (TPSA) is 26.3 Å². The SMILES string of the molecule is CCCCC[C@@]1(OCC(=O)C23CCC4CC(CC(C4)C2)C3)CC[C@@H]2CCCC[C@@H](C2)C1. The molecule has 2 unspecified atom stereocenters. The number of Topliss-reactive ketones (excluding diaryl/α,β-unsaturated/α-hetero) is 1. The Bertz CT molecular complexity index is 612. The molecule has 0 aliphatic heterocycles. The van der Waals surface area contributed by atoms with Gasteiger partial charge < -0.3 is 4.74 Å². The van der Waals surface area contributed by atoms with Crippen LogP contribution >= 0.6 is 0 Å². The summed E-state index contributed by atoms with van der Waals surface area (Å²) in [4.78, 5) is 13.8. The van der Waals surface area contributed by atoms with Gasteiger partial charge in [-0.1, -0.05) is 51.9 Å². The van der Waals surface area contributed by atoms with Crippen LogP contribution in [-0.4, -0.2) is 18.0 Å². The molecule has 0 amide bonds. The number of ketones is 1. The lowest BCUT2D eigenvalue weighted by Crippen LogP contribution is -2.44. The molecule has 0 N–H and O–H groups in total. The lowest BCUT2D eigenvalue weighted by Gasteiger charge is -2.45. The summed E-state index contributed by atoms with van der Waals surface area (Å²) in [5.74, 6) is 4.86. The number of carbonyl (C=O) groups excluding carboxylic acids is 1. The van der Waals surface area contributed by atoms with Gasteiger partial charge in [0.2, 0.25) is 0 Å². The van der Waals surface area contributed by atoms with Crippen molar-refractivity contribution in [3.05, 3.63) is 0 Å². The van der Waals surface area contributed by atoms with Crippen molar-refractivity contribution in [1.82, 2.24) is 0 Å². The third-order valence-corrected chi connectivity index (χ3v) is 10.5. The number of carbonyl (C=O) groups is 1. The molecule has 0 radical (unpaired) electrons. The van der Waals surface area contributed by atoms with Crippen molar-refractivity contribution in [3.63, 3.8) is 0 Å². The van der Waals surface area contributed by atoms with E-state index < -0.39 is 0 Å². The zero-order valence-corrected chi connectivity index (χ0v) is 20.3. The summed E-state index contributed by atoms with van der Waals surface area (Å²) in [6.07, 6.45) is 25.1. The first kappa shape index (κ1) is 22.4. The average molecular weight is 429 g/mol. The highest BCUT2D eigenvalue weighted by Crippen LogP contribution is 2.57. The molecule has 6 fully saturated rings. The maximum absolute atomic E-state index is 13.8. The lowest BCUT2D eigenvalue weighted by atomic mass is 9.60. The smallest absolute Gasteiger partial charge is 0.164 e. The first-order valence-electron chi connectivity index (χ1n) is 14.3. The number of unbranched alkanes of at least 4 members (excludes halogenated alkanes) is 2. The van der Waals surface area contributed by atoms with Crippen molar-refractivity contribution in [2.75, 3.05) is 6.61 Å². The second kappa shape index (κ2) is 9.47. The van der Waals surface area contributed by atoms with Crippen molar-refractivity contribution in [2.45, 2.75) is 135 Å². The summed E-state index contributed by atoms with van der Waals surface area (Å²) in [6.45, 7) is 2.73. The van der Waals surface area contributed by atoms with Gasteiger partial charge in [0.05, 0.1) is 5.60 Å². The number of hydrogen-bond donors (Lipinski definition) is 0. The Kier molecular flexibility index (Phi) is 6.85. The fourth-order valence-corrected chi connectivity index (χ4v) is 9.13. The minimum Gasteiger partial charge on any atom is -0.367 e. The number of hydrogen-bond acceptors (Lipinski definition) is 2. The van der Waals surface area contributed by atoms with Gasteiger partial charge in [0.15, 0.2) is 5.78 Å². The fourth-order valence-electron chi connectivity index (χ4n) is 9.13. The number of fused-ring (bicyclic) bond motifs is 3. The van der Waals surface area contributed by atoms with E-state index in [0.29, 0.717) is 12.4 Å². The van der Waals surface area contributed by atoms with E-state index >= 15 is 0 Å². The van der Waals surface area contributed by atoms with Gasteiger partial charge in [0.1, 0.15) is 6.61 Å². The summed E-state index contributed by atoms with van der Waals surface area (Å²) in [7, 11) is 0. The molecular weight excluding hydrogens is 380 g/mol. The molecule has 0 aromatic rings. The van der Waals surface area contributed by atoms with Gasteiger partial charge in [-0.15, -0.1) is 0 Å². The predicted molar refractivity (Wildman–Crippen MR) is 127 cm³/mol. The minimum atomic E-state index is -0.0124. The van der Waals surface area contributed by atoms with Crippen molar-refractivity contribution >= 4 is 5.78 Å². The second-order valence-electron chi connectivity index (χ2n) is 12.9. The maximum atomic E-state index is 13.8. The molecule has 2 nitrogen and oxygen atoms in total. The molecule has 0 heterocycles. The first-order valence-corrected chi connectivity index (χ1v) is 14.3. The van der Waals surface area contributed by atoms with Crippen LogP contribution in [0.4, 0.5) is 0 Å². The lowest BCUT2D eigenvalue weighted by molar-refractivity contribution is -0.148. The second-order valence-corrected chi connectivity index (χ2v) is 12.9. The molecular formula is C29H48O2. The van der Waals surface area contributed by atoms with Gasteiger partial charge in [-0.25, -0.2) is 0 Å². The van der Waals surface area contributed by atoms with E-state index in [2.05, 4.69) is 6.92 Å². The fraction of sp³-hybridized carbons (Fsp3) is 0.966. The van der Waals surface area contributed by atoms with E-state index in [0.717, 1.165) is 29.6 Å². The van der Waals surface area contributed by atoms with Gasteiger partial charge in [-0.3, -0.25) is 4.79 Å². The molecule has 176 valence electrons. The van der Waals surface area contributed by atoms with Crippen molar-refractivity contribution < 1.29 is 9.53 Å². The quantitative estimate of drug-likeness (QED) is 0.367. The molecule has 6 bridgehead atoms. The average Bonchev–Trinajstić information content (AvgIpc) is 3.18. The van der Waals surface area contributed by atoms with Crippen LogP contribution in [0.1, 0.15) is 129 Å². The molecule has 6 aliphatic rings. The van der Waals surface area contributed by atoms with Gasteiger partial charge >= 0.3 is 0 Å². The van der Waals surface area contributed by atoms with Crippen molar-refractivity contribution in [1.29, 1.82) is 0 Å². The van der Waals surface area contributed by atoms with Crippen LogP contribution in [0.3, 0.4) is 0 Å². The van der Waals surface area contributed by atoms with E-state index in [-0.39, 0.29) is 11.0 Å². The van der Waals surface area contributed by atoms with Gasteiger partial charge in [-0.05, 0) is 107 Å². The summed E-state index contributed by atoms with van der Waals surface area (Å²) >= 11 is 0. The Morgan fingerprint density at radius 1 is 0.774 bits per heavy atom. The molecule has 2 heteroatoms. The van der Waals surface area contributed by atoms with Crippen molar-refractivity contribution in [2.24, 2.45) is 35.0 Å². The zero-order valence-electron chi connectivity index (χ0n) is 20.3. The molecule has 6 saturated carbocycles. The standard InChI is InChI=1S/C29H48O2/c1-2-3-6-11-29(13-10-22-7-4-5-8-24(14-22)20-29)31-21-27(30)28-12-9-23-15-25(18-28)17-26(16-23)19-28/h22-26H,2-21H2,1H3/t22-,23?,24-,25?,26?,28?,29+/m0/s1. The van der Waals surface area contributed by atoms with Gasteiger partial charge in [-0.2, -0.15) is 0 Å². The highest BCUT2D eigenvalue weighted by Gasteiger charge is 2.51. The molecule has 0 spiro atoms. The number of ether oxygens (including phenoxy) is 1. The van der Waals surface area contributed by atoms with Crippen LogP contribution in [0.15, 0.2) is 0 Å². The molecule has 6 aliphatic carbocycles. The summed E-state index contributed by atoms with van der Waals surface area (Å²) in [5.41, 5.74) is -0.0132. The van der Waals surface area contributed by atoms with Crippen LogP contribution in [0.25, 0.3) is 0 Å². The minimum absolute atomic E-state index is 0.000853.